The maximum atomic E-state index is 12.6. The van der Waals surface area contributed by atoms with Crippen LogP contribution >= 0.6 is 0 Å². The molecule has 2 rings (SSSR count). The molecular weight excluding hydrogens is 224 g/mol. The summed E-state index contributed by atoms with van der Waals surface area (Å²) in [6.45, 7) is 6.47. The Morgan fingerprint density at radius 3 is 2.67 bits per heavy atom. The fourth-order valence-corrected chi connectivity index (χ4v) is 2.56. The van der Waals surface area contributed by atoms with Gasteiger partial charge in [-0.15, -0.1) is 0 Å². The maximum absolute atomic E-state index is 12.6. The molecular formula is C15H22N2O. The zero-order valence-electron chi connectivity index (χ0n) is 11.3. The van der Waals surface area contributed by atoms with Crippen LogP contribution < -0.4 is 5.32 Å². The van der Waals surface area contributed by atoms with E-state index in [1.165, 1.54) is 5.56 Å². The van der Waals surface area contributed by atoms with Crippen LogP contribution in [0.15, 0.2) is 30.3 Å². The molecule has 0 radical (unpaired) electrons. The molecule has 0 aromatic heterocycles. The van der Waals surface area contributed by atoms with E-state index in [4.69, 9.17) is 0 Å². The van der Waals surface area contributed by atoms with E-state index in [-0.39, 0.29) is 11.4 Å². The molecule has 1 N–H and O–H groups in total. The quantitative estimate of drug-likeness (QED) is 0.883. The van der Waals surface area contributed by atoms with Gasteiger partial charge >= 0.3 is 0 Å². The zero-order chi connectivity index (χ0) is 13.0. The molecule has 3 nitrogen and oxygen atoms in total. The fraction of sp³-hybridized carbons (Fsp3) is 0.533. The van der Waals surface area contributed by atoms with E-state index in [1.807, 2.05) is 36.9 Å². The largest absolute Gasteiger partial charge is 0.337 e. The molecule has 1 aliphatic heterocycles. The number of likely N-dealkylation sites (N-methyl/N-ethyl adjacent to an activating group) is 1. The van der Waals surface area contributed by atoms with E-state index in [9.17, 15) is 4.79 Å². The topological polar surface area (TPSA) is 32.3 Å². The molecule has 1 atom stereocenters. The van der Waals surface area contributed by atoms with Crippen LogP contribution in [0.5, 0.6) is 0 Å². The summed E-state index contributed by atoms with van der Waals surface area (Å²) >= 11 is 0. The van der Waals surface area contributed by atoms with Crippen LogP contribution in [-0.2, 0) is 11.3 Å². The molecule has 1 saturated heterocycles. The highest BCUT2D eigenvalue weighted by molar-refractivity contribution is 5.86. The van der Waals surface area contributed by atoms with Gasteiger partial charge in [0.05, 0.1) is 5.54 Å². The molecule has 1 amide bonds. The smallest absolute Gasteiger partial charge is 0.242 e. The molecule has 1 heterocycles. The molecule has 0 bridgehead atoms. The third-order valence-corrected chi connectivity index (χ3v) is 3.73. The summed E-state index contributed by atoms with van der Waals surface area (Å²) in [4.78, 5) is 14.5. The highest BCUT2D eigenvalue weighted by atomic mass is 16.2. The van der Waals surface area contributed by atoms with E-state index < -0.39 is 0 Å². The molecule has 1 aliphatic rings. The number of nitrogens with one attached hydrogen (secondary N) is 1. The van der Waals surface area contributed by atoms with Gasteiger partial charge in [0.2, 0.25) is 5.91 Å². The lowest BCUT2D eigenvalue weighted by molar-refractivity contribution is -0.137. The second-order valence-corrected chi connectivity index (χ2v) is 5.17. The number of hydrogen-bond donors (Lipinski definition) is 1. The van der Waals surface area contributed by atoms with Gasteiger partial charge in [-0.2, -0.15) is 0 Å². The first-order valence-electron chi connectivity index (χ1n) is 6.74. The lowest BCUT2D eigenvalue weighted by Gasteiger charge is -2.31. The number of carbonyl (C=O) groups is 1. The van der Waals surface area contributed by atoms with Crippen LogP contribution in [0.4, 0.5) is 0 Å². The minimum atomic E-state index is -0.356. The summed E-state index contributed by atoms with van der Waals surface area (Å²) < 4.78 is 0. The summed E-state index contributed by atoms with van der Waals surface area (Å²) in [6, 6.07) is 10.2. The van der Waals surface area contributed by atoms with Crippen molar-refractivity contribution in [1.82, 2.24) is 10.2 Å². The SMILES string of the molecule is CCN(Cc1ccccc1)C(=O)C1(C)CCCN1. The molecule has 98 valence electrons. The minimum absolute atomic E-state index is 0.228. The van der Waals surface area contributed by atoms with Crippen molar-refractivity contribution < 1.29 is 4.79 Å². The Balaban J connectivity index is 2.07. The van der Waals surface area contributed by atoms with Gasteiger partial charge in [-0.1, -0.05) is 30.3 Å². The Bertz CT molecular complexity index is 396. The molecule has 1 aromatic rings. The van der Waals surface area contributed by atoms with Gasteiger partial charge in [-0.3, -0.25) is 4.79 Å². The average Bonchev–Trinajstić information content (AvgIpc) is 2.84. The predicted octanol–water partition coefficient (Wildman–Crippen LogP) is 2.18. The monoisotopic (exact) mass is 246 g/mol. The summed E-state index contributed by atoms with van der Waals surface area (Å²) in [5.41, 5.74) is 0.833. The highest BCUT2D eigenvalue weighted by Crippen LogP contribution is 2.22. The van der Waals surface area contributed by atoms with Crippen LogP contribution in [0.3, 0.4) is 0 Å². The van der Waals surface area contributed by atoms with E-state index in [0.717, 1.165) is 25.9 Å². The Kier molecular flexibility index (Phi) is 4.02. The summed E-state index contributed by atoms with van der Waals surface area (Å²) in [5, 5.41) is 3.34. The first-order chi connectivity index (χ1) is 8.65. The van der Waals surface area contributed by atoms with Gasteiger partial charge in [0, 0.05) is 13.1 Å². The third kappa shape index (κ3) is 2.72. The fourth-order valence-electron chi connectivity index (χ4n) is 2.56. The van der Waals surface area contributed by atoms with Crippen molar-refractivity contribution in [3.8, 4) is 0 Å². The van der Waals surface area contributed by atoms with E-state index in [2.05, 4.69) is 17.4 Å². The standard InChI is InChI=1S/C15H22N2O/c1-3-17(12-13-8-5-4-6-9-13)14(18)15(2)10-7-11-16-15/h4-6,8-9,16H,3,7,10-12H2,1-2H3. The van der Waals surface area contributed by atoms with Crippen LogP contribution in [0.2, 0.25) is 0 Å². The second-order valence-electron chi connectivity index (χ2n) is 5.17. The summed E-state index contributed by atoms with van der Waals surface area (Å²) in [6.07, 6.45) is 2.03. The Hall–Kier alpha value is -1.35. The summed E-state index contributed by atoms with van der Waals surface area (Å²) in [5.74, 6) is 0.228. The third-order valence-electron chi connectivity index (χ3n) is 3.73. The molecule has 0 saturated carbocycles. The molecule has 3 heteroatoms. The average molecular weight is 246 g/mol. The zero-order valence-corrected chi connectivity index (χ0v) is 11.3. The predicted molar refractivity (Wildman–Crippen MR) is 73.2 cm³/mol. The number of hydrogen-bond acceptors (Lipinski definition) is 2. The van der Waals surface area contributed by atoms with Crippen LogP contribution in [-0.4, -0.2) is 29.4 Å². The van der Waals surface area contributed by atoms with Crippen molar-refractivity contribution in [2.45, 2.75) is 38.8 Å². The second kappa shape index (κ2) is 5.53. The van der Waals surface area contributed by atoms with Crippen molar-refractivity contribution in [1.29, 1.82) is 0 Å². The van der Waals surface area contributed by atoms with Crippen molar-refractivity contribution in [3.05, 3.63) is 35.9 Å². The number of benzene rings is 1. The lowest BCUT2D eigenvalue weighted by Crippen LogP contribution is -2.52. The molecule has 1 aromatic carbocycles. The molecule has 0 spiro atoms. The minimum Gasteiger partial charge on any atom is -0.337 e. The normalized spacial score (nSPS) is 23.0. The van der Waals surface area contributed by atoms with Crippen molar-refractivity contribution in [2.24, 2.45) is 0 Å². The molecule has 18 heavy (non-hydrogen) atoms. The van der Waals surface area contributed by atoms with Crippen LogP contribution in [0.25, 0.3) is 0 Å². The van der Waals surface area contributed by atoms with Gasteiger partial charge in [-0.05, 0) is 38.8 Å². The first-order valence-corrected chi connectivity index (χ1v) is 6.74. The Morgan fingerprint density at radius 2 is 2.11 bits per heavy atom. The number of rotatable bonds is 4. The lowest BCUT2D eigenvalue weighted by atomic mass is 9.98. The van der Waals surface area contributed by atoms with Gasteiger partial charge in [0.25, 0.3) is 0 Å². The Labute approximate surface area is 109 Å². The summed E-state index contributed by atoms with van der Waals surface area (Å²) in [7, 11) is 0. The van der Waals surface area contributed by atoms with E-state index in [1.54, 1.807) is 0 Å². The van der Waals surface area contributed by atoms with Crippen molar-refractivity contribution in [3.63, 3.8) is 0 Å². The van der Waals surface area contributed by atoms with Crippen molar-refractivity contribution in [2.75, 3.05) is 13.1 Å². The first kappa shape index (κ1) is 13.1. The Morgan fingerprint density at radius 1 is 1.39 bits per heavy atom. The van der Waals surface area contributed by atoms with E-state index >= 15 is 0 Å². The number of nitrogens with zero attached hydrogens (tertiary/aromatic N) is 1. The highest BCUT2D eigenvalue weighted by Gasteiger charge is 2.38. The maximum Gasteiger partial charge on any atom is 0.242 e. The van der Waals surface area contributed by atoms with Gasteiger partial charge in [0.1, 0.15) is 0 Å². The van der Waals surface area contributed by atoms with Crippen LogP contribution in [0.1, 0.15) is 32.3 Å². The number of carbonyl (C=O) groups excluding carboxylic acids is 1. The molecule has 1 fully saturated rings. The number of amides is 1. The molecule has 1 unspecified atom stereocenters. The van der Waals surface area contributed by atoms with Crippen molar-refractivity contribution >= 4 is 5.91 Å². The molecule has 0 aliphatic carbocycles. The van der Waals surface area contributed by atoms with Gasteiger partial charge in [0.15, 0.2) is 0 Å². The van der Waals surface area contributed by atoms with Gasteiger partial charge in [-0.25, -0.2) is 0 Å². The van der Waals surface area contributed by atoms with Crippen LogP contribution in [0, 0.1) is 0 Å². The van der Waals surface area contributed by atoms with Gasteiger partial charge < -0.3 is 10.2 Å². The van der Waals surface area contributed by atoms with E-state index in [0.29, 0.717) is 6.54 Å².